The Morgan fingerprint density at radius 2 is 2.11 bits per heavy atom. The van der Waals surface area contributed by atoms with Crippen LogP contribution in [0.4, 0.5) is 5.95 Å². The minimum absolute atomic E-state index is 0.477. The second-order valence-corrected chi connectivity index (χ2v) is 5.27. The minimum Gasteiger partial charge on any atom is -0.340 e. The van der Waals surface area contributed by atoms with Gasteiger partial charge in [-0.15, -0.1) is 0 Å². The van der Waals surface area contributed by atoms with Gasteiger partial charge in [-0.05, 0) is 25.8 Å². The Morgan fingerprint density at radius 1 is 1.26 bits per heavy atom. The van der Waals surface area contributed by atoms with Gasteiger partial charge in [0.15, 0.2) is 0 Å². The van der Waals surface area contributed by atoms with Crippen LogP contribution < -0.4 is 4.90 Å². The second kappa shape index (κ2) is 4.64. The van der Waals surface area contributed by atoms with E-state index < -0.39 is 0 Å². The molecule has 3 rings (SSSR count). The van der Waals surface area contributed by atoms with E-state index in [0.717, 1.165) is 42.5 Å². The van der Waals surface area contributed by atoms with Crippen LogP contribution in [0.25, 0.3) is 0 Å². The molecule has 2 aromatic rings. The van der Waals surface area contributed by atoms with Gasteiger partial charge in [0.1, 0.15) is 5.82 Å². The lowest BCUT2D eigenvalue weighted by atomic mass is 10.1. The Labute approximate surface area is 113 Å². The van der Waals surface area contributed by atoms with E-state index in [9.17, 15) is 0 Å². The average molecular weight is 257 g/mol. The van der Waals surface area contributed by atoms with Gasteiger partial charge in [-0.25, -0.2) is 15.0 Å². The monoisotopic (exact) mass is 257 g/mol. The molecule has 0 bridgehead atoms. The molecular weight excluding hydrogens is 238 g/mol. The Balaban J connectivity index is 1.79. The maximum absolute atomic E-state index is 4.58. The molecule has 1 aliphatic rings. The summed E-state index contributed by atoms with van der Waals surface area (Å²) in [5, 5.41) is 0. The van der Waals surface area contributed by atoms with E-state index in [2.05, 4.69) is 31.5 Å². The molecule has 0 aliphatic carbocycles. The van der Waals surface area contributed by atoms with Crippen molar-refractivity contribution in [3.05, 3.63) is 35.7 Å². The summed E-state index contributed by atoms with van der Waals surface area (Å²) in [6, 6.07) is 0. The van der Waals surface area contributed by atoms with Gasteiger partial charge in [0, 0.05) is 50.3 Å². The van der Waals surface area contributed by atoms with Crippen molar-refractivity contribution in [2.75, 3.05) is 18.0 Å². The molecule has 0 radical (unpaired) electrons. The van der Waals surface area contributed by atoms with Gasteiger partial charge >= 0.3 is 0 Å². The number of rotatable bonds is 2. The molecule has 3 heterocycles. The number of aromatic nitrogens is 4. The van der Waals surface area contributed by atoms with Crippen molar-refractivity contribution in [3.8, 4) is 0 Å². The van der Waals surface area contributed by atoms with Crippen LogP contribution in [0.2, 0.25) is 0 Å². The van der Waals surface area contributed by atoms with Crippen molar-refractivity contribution in [1.82, 2.24) is 19.5 Å². The first-order chi connectivity index (χ1) is 9.15. The number of imidazole rings is 1. The van der Waals surface area contributed by atoms with Crippen LogP contribution in [0.5, 0.6) is 0 Å². The summed E-state index contributed by atoms with van der Waals surface area (Å²) in [7, 11) is 2.05. The predicted molar refractivity (Wildman–Crippen MR) is 74.3 cm³/mol. The molecule has 5 nitrogen and oxygen atoms in total. The molecule has 0 aromatic carbocycles. The standard InChI is InChI=1S/C14H19N5/c1-10-8-16-14(17-11(10)2)19-6-4-12(9-19)13-15-5-7-18(13)3/h5,7-8,12H,4,6,9H2,1-3H3. The summed E-state index contributed by atoms with van der Waals surface area (Å²) in [4.78, 5) is 15.7. The van der Waals surface area contributed by atoms with E-state index in [1.807, 2.05) is 32.4 Å². The average Bonchev–Trinajstić information content (AvgIpc) is 3.01. The third-order valence-corrected chi connectivity index (χ3v) is 3.91. The lowest BCUT2D eigenvalue weighted by Gasteiger charge is -2.17. The first kappa shape index (κ1) is 12.1. The highest BCUT2D eigenvalue weighted by Gasteiger charge is 2.28. The maximum atomic E-state index is 4.58. The van der Waals surface area contributed by atoms with Crippen molar-refractivity contribution >= 4 is 5.95 Å². The molecule has 1 aliphatic heterocycles. The zero-order valence-electron chi connectivity index (χ0n) is 11.7. The summed E-state index contributed by atoms with van der Waals surface area (Å²) in [6.45, 7) is 6.03. The Bertz CT molecular complexity index is 589. The van der Waals surface area contributed by atoms with Crippen LogP contribution in [0.1, 0.15) is 29.4 Å². The number of hydrogen-bond donors (Lipinski definition) is 0. The fraction of sp³-hybridized carbons (Fsp3) is 0.500. The molecule has 1 fully saturated rings. The largest absolute Gasteiger partial charge is 0.340 e. The molecule has 19 heavy (non-hydrogen) atoms. The first-order valence-corrected chi connectivity index (χ1v) is 6.67. The first-order valence-electron chi connectivity index (χ1n) is 6.67. The summed E-state index contributed by atoms with van der Waals surface area (Å²) in [5.41, 5.74) is 2.20. The number of aryl methyl sites for hydroxylation is 3. The van der Waals surface area contributed by atoms with E-state index >= 15 is 0 Å². The van der Waals surface area contributed by atoms with Gasteiger partial charge in [0.05, 0.1) is 0 Å². The summed E-state index contributed by atoms with van der Waals surface area (Å²) >= 11 is 0. The fourth-order valence-corrected chi connectivity index (χ4v) is 2.59. The number of hydrogen-bond acceptors (Lipinski definition) is 4. The Morgan fingerprint density at radius 3 is 2.79 bits per heavy atom. The van der Waals surface area contributed by atoms with E-state index in [4.69, 9.17) is 0 Å². The molecule has 0 N–H and O–H groups in total. The van der Waals surface area contributed by atoms with Crippen molar-refractivity contribution in [2.24, 2.45) is 7.05 Å². The Kier molecular flexibility index (Phi) is 2.97. The van der Waals surface area contributed by atoms with E-state index in [-0.39, 0.29) is 0 Å². The molecule has 1 atom stereocenters. The molecule has 0 amide bonds. The summed E-state index contributed by atoms with van der Waals surface area (Å²) in [5.74, 6) is 2.48. The Hall–Kier alpha value is -1.91. The van der Waals surface area contributed by atoms with Crippen LogP contribution in [-0.2, 0) is 7.05 Å². The van der Waals surface area contributed by atoms with Crippen LogP contribution in [0.3, 0.4) is 0 Å². The third-order valence-electron chi connectivity index (χ3n) is 3.91. The van der Waals surface area contributed by atoms with Gasteiger partial charge in [-0.2, -0.15) is 0 Å². The highest BCUT2D eigenvalue weighted by Crippen LogP contribution is 2.28. The van der Waals surface area contributed by atoms with Crippen LogP contribution >= 0.6 is 0 Å². The lowest BCUT2D eigenvalue weighted by molar-refractivity contribution is 0.664. The molecule has 100 valence electrons. The van der Waals surface area contributed by atoms with Crippen LogP contribution in [0, 0.1) is 13.8 Å². The van der Waals surface area contributed by atoms with Crippen molar-refractivity contribution < 1.29 is 0 Å². The molecule has 0 saturated carbocycles. The van der Waals surface area contributed by atoms with Gasteiger partial charge in [0.25, 0.3) is 0 Å². The van der Waals surface area contributed by atoms with Crippen LogP contribution in [-0.4, -0.2) is 32.6 Å². The van der Waals surface area contributed by atoms with Crippen molar-refractivity contribution in [2.45, 2.75) is 26.2 Å². The molecular formula is C14H19N5. The molecule has 1 unspecified atom stereocenters. The van der Waals surface area contributed by atoms with Gasteiger partial charge in [0.2, 0.25) is 5.95 Å². The van der Waals surface area contributed by atoms with Crippen molar-refractivity contribution in [3.63, 3.8) is 0 Å². The molecule has 5 heteroatoms. The second-order valence-electron chi connectivity index (χ2n) is 5.27. The van der Waals surface area contributed by atoms with E-state index in [1.165, 1.54) is 0 Å². The SMILES string of the molecule is Cc1cnc(N2CCC(c3nccn3C)C2)nc1C. The highest BCUT2D eigenvalue weighted by molar-refractivity contribution is 5.35. The molecule has 1 saturated heterocycles. The molecule has 0 spiro atoms. The maximum Gasteiger partial charge on any atom is 0.225 e. The lowest BCUT2D eigenvalue weighted by Crippen LogP contribution is -2.22. The van der Waals surface area contributed by atoms with Gasteiger partial charge < -0.3 is 9.47 Å². The highest BCUT2D eigenvalue weighted by atomic mass is 15.3. The fourth-order valence-electron chi connectivity index (χ4n) is 2.59. The zero-order chi connectivity index (χ0) is 13.4. The summed E-state index contributed by atoms with van der Waals surface area (Å²) in [6.07, 6.45) is 6.89. The topological polar surface area (TPSA) is 46.8 Å². The quantitative estimate of drug-likeness (QED) is 0.823. The number of nitrogens with zero attached hydrogens (tertiary/aromatic N) is 5. The van der Waals surface area contributed by atoms with E-state index in [1.54, 1.807) is 0 Å². The normalized spacial score (nSPS) is 19.1. The smallest absolute Gasteiger partial charge is 0.225 e. The number of anilines is 1. The molecule has 2 aromatic heterocycles. The zero-order valence-corrected chi connectivity index (χ0v) is 11.7. The van der Waals surface area contributed by atoms with Gasteiger partial charge in [-0.1, -0.05) is 0 Å². The van der Waals surface area contributed by atoms with Crippen LogP contribution in [0.15, 0.2) is 18.6 Å². The minimum atomic E-state index is 0.477. The van der Waals surface area contributed by atoms with Gasteiger partial charge in [-0.3, -0.25) is 0 Å². The summed E-state index contributed by atoms with van der Waals surface area (Å²) < 4.78 is 2.11. The predicted octanol–water partition coefficient (Wildman–Crippen LogP) is 1.82. The van der Waals surface area contributed by atoms with Crippen molar-refractivity contribution in [1.29, 1.82) is 0 Å². The van der Waals surface area contributed by atoms with E-state index in [0.29, 0.717) is 5.92 Å². The third kappa shape index (κ3) is 2.20.